The van der Waals surface area contributed by atoms with Crippen LogP contribution in [0.5, 0.6) is 0 Å². The first kappa shape index (κ1) is 48.5. The molecule has 0 bridgehead atoms. The Morgan fingerprint density at radius 3 is 1.49 bits per heavy atom. The second-order valence-electron chi connectivity index (χ2n) is 16.7. The van der Waals surface area contributed by atoms with Crippen molar-refractivity contribution >= 4 is 114 Å². The van der Waals surface area contributed by atoms with Gasteiger partial charge in [-0.15, -0.1) is 23.6 Å². The molecule has 0 aliphatic rings. The summed E-state index contributed by atoms with van der Waals surface area (Å²) in [4.78, 5) is 20.5. The Balaban J connectivity index is 0.000000132. The predicted molar refractivity (Wildman–Crippen MR) is 271 cm³/mol. The standard InChI is InChI=1S/C25H13N.C25H12N.C9H7N2.CH2O3.Ir.2K.H/c2*1-2-12-26-20(3-1)19-13-17-9-8-15-5-4-14-6-7-16-10-11-18(19)25-23(16)21(14)22(15)24(17)25;1-2-5-9(6-3-1)11-8-4-7-10-11;2-1-4-3;;;;/h1-13H;1-12H;1-5,7-8H;1,3H;;;;/q;2*-1;;;2*+1;-1/p-1. The maximum atomic E-state index is 8.64. The third-order valence-electron chi connectivity index (χ3n) is 13.3. The van der Waals surface area contributed by atoms with Crippen LogP contribution in [-0.2, 0) is 29.8 Å². The van der Waals surface area contributed by atoms with Gasteiger partial charge in [-0.1, -0.05) is 131 Å². The molecule has 0 unspecified atom stereocenters. The minimum absolute atomic E-state index is 0. The summed E-state index contributed by atoms with van der Waals surface area (Å²) in [5.74, 6) is 0. The normalized spacial score (nSPS) is 11.2. The van der Waals surface area contributed by atoms with E-state index in [1.165, 1.54) is 113 Å². The molecule has 0 saturated carbocycles. The van der Waals surface area contributed by atoms with Gasteiger partial charge in [-0.05, 0) is 122 Å². The van der Waals surface area contributed by atoms with Crippen LogP contribution in [0.4, 0.5) is 0 Å². The smallest absolute Gasteiger partial charge is 1.00 e. The van der Waals surface area contributed by atoms with Crippen molar-refractivity contribution in [2.45, 2.75) is 0 Å². The number of carbonyl (C=O) groups excluding carboxylic acids is 1. The van der Waals surface area contributed by atoms with Gasteiger partial charge in [0.1, 0.15) is 0 Å². The maximum Gasteiger partial charge on any atom is 1.00 e. The molecule has 0 saturated heterocycles. The van der Waals surface area contributed by atoms with E-state index < -0.39 is 0 Å². The average molecular weight is 1130 g/mol. The van der Waals surface area contributed by atoms with E-state index in [0.29, 0.717) is 0 Å². The molecule has 0 N–H and O–H groups in total. The second-order valence-corrected chi connectivity index (χ2v) is 16.7. The number of benzene rings is 11. The molecule has 0 amide bonds. The van der Waals surface area contributed by atoms with Crippen molar-refractivity contribution < 1.29 is 139 Å². The molecule has 16 rings (SSSR count). The third kappa shape index (κ3) is 7.87. The first-order valence-electron chi connectivity index (χ1n) is 22.0. The van der Waals surface area contributed by atoms with Crippen LogP contribution in [0.25, 0.3) is 136 Å². The van der Waals surface area contributed by atoms with E-state index in [2.05, 4.69) is 153 Å². The van der Waals surface area contributed by atoms with E-state index in [4.69, 9.17) is 10.1 Å². The summed E-state index contributed by atoms with van der Waals surface area (Å²) in [5, 5.41) is 39.5. The van der Waals surface area contributed by atoms with Crippen LogP contribution in [0.15, 0.2) is 195 Å². The van der Waals surface area contributed by atoms with E-state index in [0.717, 1.165) is 22.6 Å². The fraction of sp³-hybridized carbons (Fsp3) is 0. The summed E-state index contributed by atoms with van der Waals surface area (Å²) in [5.41, 5.74) is 5.31. The van der Waals surface area contributed by atoms with Crippen molar-refractivity contribution in [3.8, 4) is 28.2 Å². The molecule has 3 aromatic heterocycles. The van der Waals surface area contributed by atoms with Crippen LogP contribution in [-0.4, -0.2) is 26.2 Å². The van der Waals surface area contributed by atoms with E-state index in [1.54, 1.807) is 10.9 Å². The number of para-hydroxylation sites is 1. The molecule has 0 aliphatic carbocycles. The zero-order valence-electron chi connectivity index (χ0n) is 38.9. The number of nitrogens with zero attached hydrogens (tertiary/aromatic N) is 4. The van der Waals surface area contributed by atoms with Crippen molar-refractivity contribution in [3.63, 3.8) is 0 Å². The summed E-state index contributed by atoms with van der Waals surface area (Å²) < 4.78 is 1.78. The van der Waals surface area contributed by atoms with E-state index >= 15 is 0 Å². The van der Waals surface area contributed by atoms with Gasteiger partial charge in [0, 0.05) is 56.2 Å². The largest absolute Gasteiger partial charge is 1.00 e. The quantitative estimate of drug-likeness (QED) is 0.0449. The zero-order valence-corrected chi connectivity index (χ0v) is 46.5. The van der Waals surface area contributed by atoms with Crippen LogP contribution in [0.2, 0.25) is 0 Å². The topological polar surface area (TPSA) is 93.0 Å². The first-order chi connectivity index (χ1) is 33.2. The van der Waals surface area contributed by atoms with E-state index in [-0.39, 0.29) is 131 Å². The summed E-state index contributed by atoms with van der Waals surface area (Å²) in [7, 11) is 0. The molecule has 0 spiro atoms. The molecule has 70 heavy (non-hydrogen) atoms. The van der Waals surface area contributed by atoms with Crippen molar-refractivity contribution in [3.05, 3.63) is 207 Å². The number of hydrogen-bond donors (Lipinski definition) is 0. The van der Waals surface area contributed by atoms with Crippen molar-refractivity contribution in [1.29, 1.82) is 0 Å². The minimum atomic E-state index is -0.181. The average Bonchev–Trinajstić information content (AvgIpc) is 4.17. The molecule has 0 fully saturated rings. The Morgan fingerprint density at radius 2 is 0.971 bits per heavy atom. The maximum absolute atomic E-state index is 8.64. The number of hydrogen-bond acceptors (Lipinski definition) is 6. The van der Waals surface area contributed by atoms with E-state index in [9.17, 15) is 0 Å². The van der Waals surface area contributed by atoms with Crippen LogP contribution in [0.1, 0.15) is 1.43 Å². The van der Waals surface area contributed by atoms with Crippen molar-refractivity contribution in [2.75, 3.05) is 0 Å². The molecule has 13 aromatic carbocycles. The number of pyridine rings is 2. The summed E-state index contributed by atoms with van der Waals surface area (Å²) in [6.45, 7) is -0.181. The fourth-order valence-electron chi connectivity index (χ4n) is 10.6. The number of rotatable bonds is 4. The van der Waals surface area contributed by atoms with Gasteiger partial charge < -0.3 is 11.6 Å². The monoisotopic (exact) mass is 1130 g/mol. The van der Waals surface area contributed by atoms with E-state index in [1.807, 2.05) is 67.1 Å². The molecule has 3 heterocycles. The van der Waals surface area contributed by atoms with Gasteiger partial charge in [-0.2, -0.15) is 29.4 Å². The van der Waals surface area contributed by atoms with Gasteiger partial charge in [0.2, 0.25) is 0 Å². The first-order valence-corrected chi connectivity index (χ1v) is 22.0. The SMILES string of the molecule is O=CO[O-].[H-].[Ir].[K+].[K+].[c-]1c(-c2ccccn2)c2ccc3ccc4ccc5ccc1c1c5c4c3c21.[c-]1ccccc1-n1cccn1.c1ccc(-c2cc3ccc4ccc5ccc6ccc2c2c6c5c4c32)nc1. The molecule has 10 heteroatoms. The molecule has 0 aliphatic heterocycles. The zero-order chi connectivity index (χ0) is 44.6. The predicted octanol–water partition coefficient (Wildman–Crippen LogP) is 7.68. The number of carbonyl (C=O) groups is 1. The summed E-state index contributed by atoms with van der Waals surface area (Å²) in [6.07, 6.45) is 7.38. The van der Waals surface area contributed by atoms with Gasteiger partial charge in [0.15, 0.2) is 0 Å². The van der Waals surface area contributed by atoms with Gasteiger partial charge in [0.05, 0.1) is 5.69 Å². The van der Waals surface area contributed by atoms with Gasteiger partial charge in [-0.3, -0.25) is 19.4 Å². The Bertz CT molecular complexity index is 4010. The Morgan fingerprint density at radius 1 is 0.500 bits per heavy atom. The fourth-order valence-corrected chi connectivity index (χ4v) is 10.6. The van der Waals surface area contributed by atoms with Crippen molar-refractivity contribution in [1.82, 2.24) is 19.7 Å². The third-order valence-corrected chi connectivity index (χ3v) is 13.3. The minimum Gasteiger partial charge on any atom is -1.00 e. The molecule has 1 radical (unpaired) electrons. The molecule has 0 atom stereocenters. The van der Waals surface area contributed by atoms with Crippen LogP contribution >= 0.6 is 0 Å². The molecule has 16 aromatic rings. The number of aromatic nitrogens is 4. The molecular weight excluding hydrogens is 1100 g/mol. The summed E-state index contributed by atoms with van der Waals surface area (Å²) >= 11 is 0. The molecule has 7 nitrogen and oxygen atoms in total. The molecule has 325 valence electrons. The second kappa shape index (κ2) is 20.2. The summed E-state index contributed by atoms with van der Waals surface area (Å²) in [6, 6.07) is 66.9. The Hall–Kier alpha value is -5.12. The van der Waals surface area contributed by atoms with Gasteiger partial charge in [-0.25, -0.2) is 0 Å². The van der Waals surface area contributed by atoms with Crippen LogP contribution in [0, 0.1) is 12.1 Å². The van der Waals surface area contributed by atoms with Gasteiger partial charge >= 0.3 is 103 Å². The van der Waals surface area contributed by atoms with Gasteiger partial charge in [0.25, 0.3) is 6.47 Å². The van der Waals surface area contributed by atoms with Crippen LogP contribution in [0.3, 0.4) is 0 Å². The molecular formula is C60H34IrK2N4O3-2. The van der Waals surface area contributed by atoms with Crippen molar-refractivity contribution in [2.24, 2.45) is 0 Å². The Kier molecular flexibility index (Phi) is 14.0. The van der Waals surface area contributed by atoms with Crippen LogP contribution < -0.4 is 108 Å². The Labute approximate surface area is 501 Å².